The van der Waals surface area contributed by atoms with Gasteiger partial charge in [0.05, 0.1) is 4.90 Å². The predicted molar refractivity (Wildman–Crippen MR) is 121 cm³/mol. The fourth-order valence-corrected chi connectivity index (χ4v) is 3.59. The van der Waals surface area contributed by atoms with Gasteiger partial charge in [-0.05, 0) is 59.8 Å². The monoisotopic (exact) mass is 446 g/mol. The first-order chi connectivity index (χ1) is 15.3. The van der Waals surface area contributed by atoms with Gasteiger partial charge in [0, 0.05) is 11.6 Å². The number of nitriles is 1. The molecule has 1 heterocycles. The number of carbonyl (C=O) groups excluding carboxylic acids is 1. The molecule has 0 saturated carbocycles. The first kappa shape index (κ1) is 22.7. The van der Waals surface area contributed by atoms with Crippen LogP contribution in [0.15, 0.2) is 77.5 Å². The van der Waals surface area contributed by atoms with E-state index in [0.717, 1.165) is 11.1 Å². The van der Waals surface area contributed by atoms with Gasteiger partial charge in [-0.3, -0.25) is 9.52 Å². The van der Waals surface area contributed by atoms with Gasteiger partial charge in [-0.15, -0.1) is 0 Å². The summed E-state index contributed by atoms with van der Waals surface area (Å²) in [5.41, 5.74) is 2.15. The van der Waals surface area contributed by atoms with E-state index in [0.29, 0.717) is 11.6 Å². The fraction of sp³-hybridized carbons (Fsp3) is 0.130. The van der Waals surface area contributed by atoms with Crippen molar-refractivity contribution in [1.82, 2.24) is 9.97 Å². The van der Waals surface area contributed by atoms with Crippen LogP contribution in [0, 0.1) is 11.3 Å². The summed E-state index contributed by atoms with van der Waals surface area (Å²) in [5.74, 6) is -0.389. The summed E-state index contributed by atoms with van der Waals surface area (Å²) >= 11 is 0. The molecule has 162 valence electrons. The molecule has 0 atom stereocenters. The maximum absolute atomic E-state index is 12.5. The normalized spacial score (nSPS) is 11.6. The van der Waals surface area contributed by atoms with Crippen LogP contribution in [0.5, 0.6) is 0 Å². The first-order valence-corrected chi connectivity index (χ1v) is 11.1. The summed E-state index contributed by atoms with van der Waals surface area (Å²) in [4.78, 5) is 20.0. The van der Waals surface area contributed by atoms with E-state index >= 15 is 0 Å². The molecule has 32 heavy (non-hydrogen) atoms. The highest BCUT2D eigenvalue weighted by Crippen LogP contribution is 2.25. The lowest BCUT2D eigenvalue weighted by molar-refractivity contribution is -0.112. The van der Waals surface area contributed by atoms with E-state index < -0.39 is 15.9 Å². The molecule has 0 aliphatic heterocycles. The van der Waals surface area contributed by atoms with E-state index in [9.17, 15) is 18.5 Å². The van der Waals surface area contributed by atoms with Crippen molar-refractivity contribution in [3.05, 3.63) is 88.4 Å². The Morgan fingerprint density at radius 2 is 1.69 bits per heavy atom. The topological polar surface area (TPSA) is 127 Å². The molecule has 2 aromatic carbocycles. The maximum Gasteiger partial charge on any atom is 0.266 e. The number of aromatic nitrogens is 2. The average Bonchev–Trinajstić information content (AvgIpc) is 2.78. The zero-order valence-corrected chi connectivity index (χ0v) is 18.2. The van der Waals surface area contributed by atoms with Crippen molar-refractivity contribution in [3.63, 3.8) is 0 Å². The second-order valence-electron chi connectivity index (χ2n) is 7.08. The lowest BCUT2D eigenvalue weighted by atomic mass is 10.0. The van der Waals surface area contributed by atoms with Crippen LogP contribution in [0.4, 0.5) is 11.6 Å². The predicted octanol–water partition coefficient (Wildman–Crippen LogP) is 4.54. The lowest BCUT2D eigenvalue weighted by Gasteiger charge is -2.12. The van der Waals surface area contributed by atoms with Gasteiger partial charge in [-0.1, -0.05) is 44.2 Å². The number of hydrogen-bond acceptors (Lipinski definition) is 6. The molecule has 0 unspecified atom stereocenters. The minimum Gasteiger partial charge on any atom is -0.366 e. The van der Waals surface area contributed by atoms with Gasteiger partial charge in [0.1, 0.15) is 11.6 Å². The number of amides is 1. The van der Waals surface area contributed by atoms with Gasteiger partial charge >= 0.3 is 0 Å². The second kappa shape index (κ2) is 9.85. The highest BCUT2D eigenvalue weighted by molar-refractivity contribution is 7.94. The van der Waals surface area contributed by atoms with Crippen molar-refractivity contribution in [2.75, 3.05) is 5.32 Å². The van der Waals surface area contributed by atoms with Gasteiger partial charge in [0.2, 0.25) is 10.0 Å². The van der Waals surface area contributed by atoms with Gasteiger partial charge in [0.25, 0.3) is 5.91 Å². The van der Waals surface area contributed by atoms with Crippen molar-refractivity contribution >= 4 is 33.6 Å². The van der Waals surface area contributed by atoms with Gasteiger partial charge < -0.3 is 15.3 Å². The van der Waals surface area contributed by atoms with Gasteiger partial charge in [0.15, 0.2) is 0 Å². The van der Waals surface area contributed by atoms with Gasteiger partial charge in [-0.25, -0.2) is 8.42 Å². The molecule has 0 fully saturated rings. The van der Waals surface area contributed by atoms with Crippen LogP contribution in [0.25, 0.3) is 10.8 Å². The Hall–Kier alpha value is -4.03. The minimum atomic E-state index is -4.01. The highest BCUT2D eigenvalue weighted by atomic mass is 32.2. The molecular weight excluding hydrogens is 426 g/mol. The molecule has 3 aromatic rings. The third-order valence-corrected chi connectivity index (χ3v) is 5.71. The third kappa shape index (κ3) is 5.77. The summed E-state index contributed by atoms with van der Waals surface area (Å²) < 4.78 is 28.3. The van der Waals surface area contributed by atoms with Crippen LogP contribution in [0.2, 0.25) is 0 Å². The Labute approximate surface area is 186 Å². The zero-order chi connectivity index (χ0) is 23.1. The van der Waals surface area contributed by atoms with E-state index in [1.54, 1.807) is 6.07 Å². The Balaban J connectivity index is 1.71. The van der Waals surface area contributed by atoms with Crippen LogP contribution in [0.1, 0.15) is 30.9 Å². The number of carbonyl (C=O) groups is 1. The number of hydrogen-bond donors (Lipinski definition) is 1. The summed E-state index contributed by atoms with van der Waals surface area (Å²) in [5, 5.41) is 12.0. The van der Waals surface area contributed by atoms with Gasteiger partial charge in [-0.2, -0.15) is 5.26 Å². The molecule has 0 spiro atoms. The average molecular weight is 447 g/mol. The van der Waals surface area contributed by atoms with Crippen LogP contribution in [0.3, 0.4) is 0 Å². The van der Waals surface area contributed by atoms with Crippen molar-refractivity contribution in [3.8, 4) is 6.07 Å². The Bertz CT molecular complexity index is 1260. The van der Waals surface area contributed by atoms with E-state index in [1.165, 1.54) is 42.7 Å². The largest absolute Gasteiger partial charge is 0.366 e. The van der Waals surface area contributed by atoms with E-state index in [2.05, 4.69) is 33.9 Å². The summed E-state index contributed by atoms with van der Waals surface area (Å²) in [7, 11) is -4.01. The molecule has 1 amide bonds. The van der Waals surface area contributed by atoms with E-state index in [-0.39, 0.29) is 16.4 Å². The molecule has 9 heteroatoms. The molecule has 1 N–H and O–H groups in total. The van der Waals surface area contributed by atoms with E-state index in [1.807, 2.05) is 30.3 Å². The Morgan fingerprint density at radius 3 is 2.25 bits per heavy atom. The minimum absolute atomic E-state index is 0.0739. The molecule has 8 nitrogen and oxygen atoms in total. The summed E-state index contributed by atoms with van der Waals surface area (Å²) in [6, 6.07) is 16.5. The summed E-state index contributed by atoms with van der Waals surface area (Å²) in [6.07, 6.45) is 4.27. The van der Waals surface area contributed by atoms with Crippen molar-refractivity contribution in [2.45, 2.75) is 24.7 Å². The van der Waals surface area contributed by atoms with Crippen LogP contribution >= 0.6 is 0 Å². The molecule has 0 aliphatic carbocycles. The molecule has 0 radical (unpaired) electrons. The van der Waals surface area contributed by atoms with Crippen molar-refractivity contribution in [1.29, 1.82) is 5.26 Å². The molecule has 0 aliphatic rings. The van der Waals surface area contributed by atoms with Crippen molar-refractivity contribution in [2.24, 2.45) is 0 Å². The Morgan fingerprint density at radius 1 is 1.06 bits per heavy atom. The first-order valence-electron chi connectivity index (χ1n) is 9.67. The number of anilines is 1. The van der Waals surface area contributed by atoms with Crippen LogP contribution in [-0.2, 0) is 14.8 Å². The maximum atomic E-state index is 12.5. The van der Waals surface area contributed by atoms with Crippen LogP contribution < -0.4 is 5.32 Å². The molecular formula is C23H20N5O3S-. The van der Waals surface area contributed by atoms with Crippen LogP contribution in [-0.4, -0.2) is 24.3 Å². The second-order valence-corrected chi connectivity index (χ2v) is 8.69. The number of nitrogens with zero attached hydrogens (tertiary/aromatic N) is 4. The van der Waals surface area contributed by atoms with Crippen molar-refractivity contribution < 1.29 is 13.2 Å². The Kier molecular flexibility index (Phi) is 6.97. The standard InChI is InChI=1S/C23H21N5O3S/c1-16(2)18-6-4-17(5-7-18)14-19(15-24)22(29)27-20-8-10-21(11-9-20)32(30,31)28-23-25-12-3-13-26-23/h3-14,16H,1-2H3,(H2,25,26,27,28,29)/p-1. The number of nitrogens with one attached hydrogen (secondary N) is 1. The quantitative estimate of drug-likeness (QED) is 0.419. The smallest absolute Gasteiger partial charge is 0.266 e. The highest BCUT2D eigenvalue weighted by Gasteiger charge is 2.14. The number of sulfonamides is 1. The summed E-state index contributed by atoms with van der Waals surface area (Å²) in [6.45, 7) is 4.16. The molecule has 0 bridgehead atoms. The molecule has 3 rings (SSSR count). The molecule has 0 saturated heterocycles. The molecule has 1 aromatic heterocycles. The number of rotatable bonds is 7. The lowest BCUT2D eigenvalue weighted by Crippen LogP contribution is -2.13. The number of benzene rings is 2. The third-order valence-electron chi connectivity index (χ3n) is 4.44. The van der Waals surface area contributed by atoms with E-state index in [4.69, 9.17) is 0 Å². The fourth-order valence-electron chi connectivity index (χ4n) is 2.70. The zero-order valence-electron chi connectivity index (χ0n) is 17.4. The SMILES string of the molecule is CC(C)c1ccc(C=C(C#N)C(=O)Nc2ccc(S(=O)(=O)[N-]c3ncccn3)cc2)cc1.